The Morgan fingerprint density at radius 3 is 2.70 bits per heavy atom. The highest BCUT2D eigenvalue weighted by molar-refractivity contribution is 5.74. The molecule has 2 aromatic carbocycles. The number of halogens is 1. The first-order chi connectivity index (χ1) is 16.0. The number of methoxy groups -OCH3 is 1. The summed E-state index contributed by atoms with van der Waals surface area (Å²) in [5.41, 5.74) is 1.55. The smallest absolute Gasteiger partial charge is 0.264 e. The zero-order valence-electron chi connectivity index (χ0n) is 18.2. The van der Waals surface area contributed by atoms with E-state index in [0.29, 0.717) is 22.8 Å². The molecule has 170 valence electrons. The molecule has 0 aliphatic heterocycles. The summed E-state index contributed by atoms with van der Waals surface area (Å²) in [6.07, 6.45) is 5.65. The highest BCUT2D eigenvalue weighted by Crippen LogP contribution is 2.28. The summed E-state index contributed by atoms with van der Waals surface area (Å²) < 4.78 is 27.0. The molecule has 4 rings (SSSR count). The Kier molecular flexibility index (Phi) is 6.50. The van der Waals surface area contributed by atoms with E-state index >= 15 is 0 Å². The molecule has 0 aliphatic rings. The lowest BCUT2D eigenvalue weighted by Gasteiger charge is -2.16. The number of fused-ring (bicyclic) bond motifs is 1. The minimum absolute atomic E-state index is 0.0114. The molecule has 0 radical (unpaired) electrons. The van der Waals surface area contributed by atoms with Crippen molar-refractivity contribution in [1.82, 2.24) is 19.3 Å². The number of ether oxygens (including phenoxy) is 2. The van der Waals surface area contributed by atoms with E-state index in [4.69, 9.17) is 9.47 Å². The fraction of sp³-hybridized carbons (Fsp3) is 0.208. The second-order valence-electron chi connectivity index (χ2n) is 7.35. The number of allylic oxidation sites excluding steroid dienone is 1. The molecule has 0 saturated heterocycles. The molecule has 0 bridgehead atoms. The molecule has 4 aromatic rings. The maximum atomic E-state index is 13.2. The van der Waals surface area contributed by atoms with Gasteiger partial charge in [-0.15, -0.1) is 0 Å². The van der Waals surface area contributed by atoms with Crippen molar-refractivity contribution in [3.05, 3.63) is 82.8 Å². The molecule has 0 saturated carbocycles. The summed E-state index contributed by atoms with van der Waals surface area (Å²) in [6, 6.07) is 11.2. The number of aliphatic hydroxyl groups excluding tert-OH is 1. The Hall–Kier alpha value is -3.98. The monoisotopic (exact) mass is 450 g/mol. The van der Waals surface area contributed by atoms with E-state index in [1.54, 1.807) is 25.3 Å². The van der Waals surface area contributed by atoms with E-state index in [1.165, 1.54) is 33.9 Å². The largest absolute Gasteiger partial charge is 0.493 e. The van der Waals surface area contributed by atoms with Crippen LogP contribution in [0.2, 0.25) is 0 Å². The molecule has 1 N–H and O–H groups in total. The lowest BCUT2D eigenvalue weighted by Crippen LogP contribution is -2.30. The van der Waals surface area contributed by atoms with Crippen LogP contribution < -0.4 is 15.0 Å². The Bertz CT molecular complexity index is 1350. The van der Waals surface area contributed by atoms with E-state index in [0.717, 1.165) is 5.56 Å². The molecule has 1 unspecified atom stereocenters. The van der Waals surface area contributed by atoms with Gasteiger partial charge < -0.3 is 14.6 Å². The molecule has 0 aliphatic carbocycles. The third-order valence-electron chi connectivity index (χ3n) is 5.01. The van der Waals surface area contributed by atoms with Gasteiger partial charge in [0.1, 0.15) is 30.2 Å². The number of aliphatic hydroxyl groups is 1. The van der Waals surface area contributed by atoms with Crippen LogP contribution >= 0.6 is 0 Å². The molecule has 8 nitrogen and oxygen atoms in total. The van der Waals surface area contributed by atoms with Crippen molar-refractivity contribution in [2.75, 3.05) is 13.7 Å². The molecule has 0 amide bonds. The van der Waals surface area contributed by atoms with Gasteiger partial charge in [0.15, 0.2) is 17.1 Å². The SMILES string of the molecule is C/C=C/c1ccc(OCC(O)Cn2cnc3c(cnn3-c3ccc(F)cc3)c2=O)c(OC)c1. The van der Waals surface area contributed by atoms with Gasteiger partial charge in [-0.3, -0.25) is 9.36 Å². The highest BCUT2D eigenvalue weighted by Gasteiger charge is 2.15. The number of benzene rings is 2. The number of nitrogens with zero attached hydrogens (tertiary/aromatic N) is 4. The van der Waals surface area contributed by atoms with Gasteiger partial charge in [0.25, 0.3) is 5.56 Å². The summed E-state index contributed by atoms with van der Waals surface area (Å²) in [5, 5.41) is 14.9. The second-order valence-corrected chi connectivity index (χ2v) is 7.35. The van der Waals surface area contributed by atoms with E-state index in [1.807, 2.05) is 31.2 Å². The highest BCUT2D eigenvalue weighted by atomic mass is 19.1. The van der Waals surface area contributed by atoms with E-state index in [-0.39, 0.29) is 29.9 Å². The molecule has 0 spiro atoms. The zero-order valence-corrected chi connectivity index (χ0v) is 18.2. The average Bonchev–Trinajstić information content (AvgIpc) is 3.25. The molecule has 9 heteroatoms. The van der Waals surface area contributed by atoms with Crippen LogP contribution in [0.15, 0.2) is 65.9 Å². The number of aromatic nitrogens is 4. The fourth-order valence-corrected chi connectivity index (χ4v) is 3.42. The summed E-state index contributed by atoms with van der Waals surface area (Å²) in [5.74, 6) is 0.672. The zero-order chi connectivity index (χ0) is 23.4. The standard InChI is InChI=1S/C24H23FN4O4/c1-3-4-16-5-10-21(22(11-16)32-2)33-14-19(30)13-28-15-26-23-20(24(28)31)12-27-29(23)18-8-6-17(25)7-9-18/h3-12,15,19,30H,13-14H2,1-2H3/b4-3+. The predicted octanol–water partition coefficient (Wildman–Crippen LogP) is 3.20. The first kappa shape index (κ1) is 22.2. The molecule has 2 heterocycles. The number of hydrogen-bond donors (Lipinski definition) is 1. The van der Waals surface area contributed by atoms with Gasteiger partial charge in [0.2, 0.25) is 0 Å². The van der Waals surface area contributed by atoms with E-state index in [2.05, 4.69) is 10.1 Å². The van der Waals surface area contributed by atoms with E-state index < -0.39 is 6.10 Å². The average molecular weight is 450 g/mol. The maximum absolute atomic E-state index is 13.2. The Labute approximate surface area is 189 Å². The minimum atomic E-state index is -0.964. The molecule has 33 heavy (non-hydrogen) atoms. The Morgan fingerprint density at radius 2 is 1.97 bits per heavy atom. The second kappa shape index (κ2) is 9.66. The van der Waals surface area contributed by atoms with Crippen molar-refractivity contribution in [2.45, 2.75) is 19.6 Å². The summed E-state index contributed by atoms with van der Waals surface area (Å²) in [4.78, 5) is 17.2. The Morgan fingerprint density at radius 1 is 1.18 bits per heavy atom. The van der Waals surface area contributed by atoms with Crippen molar-refractivity contribution in [3.63, 3.8) is 0 Å². The summed E-state index contributed by atoms with van der Waals surface area (Å²) in [6.45, 7) is 1.87. The summed E-state index contributed by atoms with van der Waals surface area (Å²) >= 11 is 0. The third kappa shape index (κ3) is 4.78. The van der Waals surface area contributed by atoms with Crippen molar-refractivity contribution in [2.24, 2.45) is 0 Å². The minimum Gasteiger partial charge on any atom is -0.493 e. The molecular formula is C24H23FN4O4. The third-order valence-corrected chi connectivity index (χ3v) is 5.01. The molecule has 2 aromatic heterocycles. The van der Waals surface area contributed by atoms with Crippen molar-refractivity contribution < 1.29 is 19.0 Å². The molecular weight excluding hydrogens is 427 g/mol. The quantitative estimate of drug-likeness (QED) is 0.443. The number of rotatable bonds is 8. The van der Waals surface area contributed by atoms with Crippen LogP contribution in [0, 0.1) is 5.82 Å². The first-order valence-corrected chi connectivity index (χ1v) is 10.3. The van der Waals surface area contributed by atoms with Crippen LogP contribution in [0.3, 0.4) is 0 Å². The van der Waals surface area contributed by atoms with Crippen LogP contribution in [0.5, 0.6) is 11.5 Å². The van der Waals surface area contributed by atoms with Gasteiger partial charge in [-0.1, -0.05) is 18.2 Å². The van der Waals surface area contributed by atoms with Crippen molar-refractivity contribution in [3.8, 4) is 17.2 Å². The van der Waals surface area contributed by atoms with E-state index in [9.17, 15) is 14.3 Å². The maximum Gasteiger partial charge on any atom is 0.264 e. The fourth-order valence-electron chi connectivity index (χ4n) is 3.42. The molecule has 1 atom stereocenters. The van der Waals surface area contributed by atoms with Crippen LogP contribution in [-0.4, -0.2) is 44.3 Å². The normalized spacial score (nSPS) is 12.4. The van der Waals surface area contributed by atoms with Gasteiger partial charge in [-0.05, 0) is 48.9 Å². The lowest BCUT2D eigenvalue weighted by molar-refractivity contribution is 0.0900. The Balaban J connectivity index is 1.48. The van der Waals surface area contributed by atoms with Gasteiger partial charge in [-0.2, -0.15) is 5.10 Å². The van der Waals surface area contributed by atoms with Crippen molar-refractivity contribution in [1.29, 1.82) is 0 Å². The van der Waals surface area contributed by atoms with Gasteiger partial charge in [-0.25, -0.2) is 14.1 Å². The van der Waals surface area contributed by atoms with Crippen molar-refractivity contribution >= 4 is 17.1 Å². The van der Waals surface area contributed by atoms with Gasteiger partial charge in [0.05, 0.1) is 25.5 Å². The molecule has 0 fully saturated rings. The number of hydrogen-bond acceptors (Lipinski definition) is 6. The summed E-state index contributed by atoms with van der Waals surface area (Å²) in [7, 11) is 1.55. The predicted molar refractivity (Wildman–Crippen MR) is 122 cm³/mol. The first-order valence-electron chi connectivity index (χ1n) is 10.3. The lowest BCUT2D eigenvalue weighted by atomic mass is 10.2. The van der Waals surface area contributed by atoms with Gasteiger partial charge >= 0.3 is 0 Å². The van der Waals surface area contributed by atoms with Crippen LogP contribution in [0.4, 0.5) is 4.39 Å². The van der Waals surface area contributed by atoms with Crippen LogP contribution in [0.25, 0.3) is 22.8 Å². The van der Waals surface area contributed by atoms with Gasteiger partial charge in [0, 0.05) is 0 Å². The topological polar surface area (TPSA) is 91.4 Å². The van der Waals surface area contributed by atoms with Crippen LogP contribution in [-0.2, 0) is 6.54 Å². The van der Waals surface area contributed by atoms with Crippen LogP contribution in [0.1, 0.15) is 12.5 Å².